The molecule has 0 aliphatic heterocycles. The van der Waals surface area contributed by atoms with Crippen molar-refractivity contribution >= 4 is 11.8 Å². The molecule has 1 atom stereocenters. The Balaban J connectivity index is 2.34. The highest BCUT2D eigenvalue weighted by Gasteiger charge is 2.30. The van der Waals surface area contributed by atoms with Gasteiger partial charge in [-0.05, 0) is 49.1 Å². The highest BCUT2D eigenvalue weighted by Crippen LogP contribution is 2.29. The smallest absolute Gasteiger partial charge is 0.387 e. The molecule has 0 aliphatic carbocycles. The third kappa shape index (κ3) is 6.15. The minimum absolute atomic E-state index is 0.352. The molecular formula is C14H20F3NOS. The summed E-state index contributed by atoms with van der Waals surface area (Å²) in [6.07, 6.45) is -0.913. The highest BCUT2D eigenvalue weighted by molar-refractivity contribution is 7.98. The van der Waals surface area contributed by atoms with Crippen LogP contribution in [0, 0.1) is 0 Å². The molecule has 0 aromatic heterocycles. The summed E-state index contributed by atoms with van der Waals surface area (Å²) in [7, 11) is 0. The van der Waals surface area contributed by atoms with Crippen LogP contribution in [0.2, 0.25) is 0 Å². The maximum atomic E-state index is 12.4. The zero-order valence-corrected chi connectivity index (χ0v) is 12.2. The number of hydrogen-bond donors (Lipinski definition) is 2. The Morgan fingerprint density at radius 1 is 1.20 bits per heavy atom. The van der Waals surface area contributed by atoms with Gasteiger partial charge in [-0.3, -0.25) is 0 Å². The molecule has 2 nitrogen and oxygen atoms in total. The molecule has 0 radical (unpaired) electrons. The van der Waals surface area contributed by atoms with Gasteiger partial charge in [0.25, 0.3) is 0 Å². The minimum Gasteiger partial charge on any atom is -0.387 e. The fourth-order valence-electron chi connectivity index (χ4n) is 1.75. The minimum atomic E-state index is -4.33. The lowest BCUT2D eigenvalue weighted by Gasteiger charge is -2.13. The quantitative estimate of drug-likeness (QED) is 0.721. The normalized spacial score (nSPS) is 13.4. The Bertz CT molecular complexity index is 381. The van der Waals surface area contributed by atoms with Gasteiger partial charge >= 0.3 is 6.18 Å². The Kier molecular flexibility index (Phi) is 7.40. The second-order valence-electron chi connectivity index (χ2n) is 4.54. The van der Waals surface area contributed by atoms with Gasteiger partial charge in [-0.15, -0.1) is 0 Å². The Morgan fingerprint density at radius 3 is 2.40 bits per heavy atom. The summed E-state index contributed by atoms with van der Waals surface area (Å²) in [5.41, 5.74) is -0.201. The summed E-state index contributed by atoms with van der Waals surface area (Å²) in [6.45, 7) is 1.16. The zero-order chi connectivity index (χ0) is 15.0. The van der Waals surface area contributed by atoms with Gasteiger partial charge in [-0.25, -0.2) is 0 Å². The van der Waals surface area contributed by atoms with Gasteiger partial charge in [0.15, 0.2) is 0 Å². The van der Waals surface area contributed by atoms with E-state index in [9.17, 15) is 18.3 Å². The zero-order valence-electron chi connectivity index (χ0n) is 11.4. The third-order valence-electron chi connectivity index (χ3n) is 2.91. The number of rotatable bonds is 8. The van der Waals surface area contributed by atoms with Gasteiger partial charge in [-0.2, -0.15) is 24.9 Å². The van der Waals surface area contributed by atoms with Crippen LogP contribution in [0.15, 0.2) is 24.3 Å². The molecular weight excluding hydrogens is 287 g/mol. The number of aliphatic hydroxyl groups excluding tert-OH is 1. The van der Waals surface area contributed by atoms with Crippen LogP contribution >= 0.6 is 11.8 Å². The summed E-state index contributed by atoms with van der Waals surface area (Å²) in [4.78, 5) is 0. The molecule has 6 heteroatoms. The highest BCUT2D eigenvalue weighted by atomic mass is 32.2. The maximum Gasteiger partial charge on any atom is 0.416 e. The number of unbranched alkanes of at least 4 members (excludes halogenated alkanes) is 1. The summed E-state index contributed by atoms with van der Waals surface area (Å²) in [5.74, 6) is 1.11. The topological polar surface area (TPSA) is 32.3 Å². The van der Waals surface area contributed by atoms with Gasteiger partial charge in [0.1, 0.15) is 0 Å². The molecule has 1 aromatic carbocycles. The Morgan fingerprint density at radius 2 is 1.85 bits per heavy atom. The molecule has 1 aromatic rings. The largest absolute Gasteiger partial charge is 0.416 e. The summed E-state index contributed by atoms with van der Waals surface area (Å²) < 4.78 is 37.2. The van der Waals surface area contributed by atoms with Crippen LogP contribution in [0.5, 0.6) is 0 Å². The molecule has 0 aliphatic rings. The molecule has 0 amide bonds. The fraction of sp³-hybridized carbons (Fsp3) is 0.571. The van der Waals surface area contributed by atoms with E-state index in [2.05, 4.69) is 11.6 Å². The van der Waals surface area contributed by atoms with Crippen molar-refractivity contribution in [3.05, 3.63) is 35.4 Å². The van der Waals surface area contributed by atoms with E-state index in [0.717, 1.165) is 37.3 Å². The number of nitrogens with one attached hydrogen (secondary N) is 1. The number of aliphatic hydroxyl groups is 1. The van der Waals surface area contributed by atoms with Gasteiger partial charge in [0.05, 0.1) is 11.7 Å². The van der Waals surface area contributed by atoms with Crippen LogP contribution in [0.1, 0.15) is 30.1 Å². The predicted molar refractivity (Wildman–Crippen MR) is 76.9 cm³/mol. The van der Waals surface area contributed by atoms with Crippen molar-refractivity contribution in [1.82, 2.24) is 5.32 Å². The molecule has 0 heterocycles. The molecule has 0 saturated heterocycles. The van der Waals surface area contributed by atoms with E-state index in [-0.39, 0.29) is 0 Å². The van der Waals surface area contributed by atoms with E-state index in [1.54, 1.807) is 11.8 Å². The average Bonchev–Trinajstić information content (AvgIpc) is 2.41. The lowest BCUT2D eigenvalue weighted by molar-refractivity contribution is -0.137. The van der Waals surface area contributed by atoms with Crippen LogP contribution in [-0.4, -0.2) is 30.2 Å². The first-order valence-corrected chi connectivity index (χ1v) is 7.89. The lowest BCUT2D eigenvalue weighted by Crippen LogP contribution is -2.22. The number of benzene rings is 1. The SMILES string of the molecule is CSCCCCNCC(O)c1ccc(C(F)(F)F)cc1. The van der Waals surface area contributed by atoms with Crippen LogP contribution in [0.4, 0.5) is 13.2 Å². The average molecular weight is 307 g/mol. The maximum absolute atomic E-state index is 12.4. The predicted octanol–water partition coefficient (Wildman–Crippen LogP) is 3.47. The Labute approximate surface area is 121 Å². The van der Waals surface area contributed by atoms with Crippen LogP contribution in [0.25, 0.3) is 0 Å². The Hall–Kier alpha value is -0.720. The molecule has 0 saturated carbocycles. The first kappa shape index (κ1) is 17.3. The van der Waals surface area contributed by atoms with Crippen LogP contribution < -0.4 is 5.32 Å². The standard InChI is InChI=1S/C14H20F3NOS/c1-20-9-3-2-8-18-10-13(19)11-4-6-12(7-5-11)14(15,16)17/h4-7,13,18-19H,2-3,8-10H2,1H3. The van der Waals surface area contributed by atoms with Gasteiger partial charge < -0.3 is 10.4 Å². The number of thioether (sulfide) groups is 1. The summed E-state index contributed by atoms with van der Waals surface area (Å²) >= 11 is 1.80. The molecule has 1 rings (SSSR count). The second-order valence-corrected chi connectivity index (χ2v) is 5.53. The molecule has 0 spiro atoms. The van der Waals surface area contributed by atoms with Crippen LogP contribution in [-0.2, 0) is 6.18 Å². The summed E-state index contributed by atoms with van der Waals surface area (Å²) in [5, 5.41) is 13.0. The van der Waals surface area contributed by atoms with Crippen molar-refractivity contribution in [2.24, 2.45) is 0 Å². The van der Waals surface area contributed by atoms with E-state index in [1.165, 1.54) is 12.1 Å². The monoisotopic (exact) mass is 307 g/mol. The van der Waals surface area contributed by atoms with E-state index >= 15 is 0 Å². The summed E-state index contributed by atoms with van der Waals surface area (Å²) in [6, 6.07) is 4.64. The van der Waals surface area contributed by atoms with Gasteiger partial charge in [0.2, 0.25) is 0 Å². The lowest BCUT2D eigenvalue weighted by atomic mass is 10.1. The number of hydrogen-bond acceptors (Lipinski definition) is 3. The molecule has 1 unspecified atom stereocenters. The fourth-order valence-corrected chi connectivity index (χ4v) is 2.24. The number of halogens is 3. The molecule has 0 bridgehead atoms. The van der Waals surface area contributed by atoms with Crippen molar-refractivity contribution in [3.8, 4) is 0 Å². The molecule has 0 fully saturated rings. The van der Waals surface area contributed by atoms with Crippen molar-refractivity contribution in [3.63, 3.8) is 0 Å². The molecule has 2 N–H and O–H groups in total. The van der Waals surface area contributed by atoms with Crippen molar-refractivity contribution < 1.29 is 18.3 Å². The van der Waals surface area contributed by atoms with Gasteiger partial charge in [-0.1, -0.05) is 12.1 Å². The third-order valence-corrected chi connectivity index (χ3v) is 3.61. The van der Waals surface area contributed by atoms with Gasteiger partial charge in [0, 0.05) is 6.54 Å². The van der Waals surface area contributed by atoms with Crippen LogP contribution in [0.3, 0.4) is 0 Å². The molecule has 20 heavy (non-hydrogen) atoms. The van der Waals surface area contributed by atoms with E-state index < -0.39 is 17.8 Å². The van der Waals surface area contributed by atoms with E-state index in [1.807, 2.05) is 0 Å². The van der Waals surface area contributed by atoms with E-state index in [0.29, 0.717) is 12.1 Å². The van der Waals surface area contributed by atoms with Crippen molar-refractivity contribution in [1.29, 1.82) is 0 Å². The van der Waals surface area contributed by atoms with Crippen molar-refractivity contribution in [2.75, 3.05) is 25.1 Å². The number of alkyl halides is 3. The second kappa shape index (κ2) is 8.54. The first-order chi connectivity index (χ1) is 9.45. The van der Waals surface area contributed by atoms with E-state index in [4.69, 9.17) is 0 Å². The van der Waals surface area contributed by atoms with Crippen molar-refractivity contribution in [2.45, 2.75) is 25.1 Å². The first-order valence-electron chi connectivity index (χ1n) is 6.50. The molecule has 114 valence electrons.